The van der Waals surface area contributed by atoms with E-state index in [1.54, 1.807) is 0 Å². The van der Waals surface area contributed by atoms with Crippen molar-refractivity contribution in [2.45, 2.75) is 490 Å². The minimum absolute atomic E-state index is 0.108. The van der Waals surface area contributed by atoms with Gasteiger partial charge >= 0.3 is 39.5 Å². The quantitative estimate of drug-likeness (QED) is 0.0222. The Morgan fingerprint density at radius 2 is 0.449 bits per heavy atom. The first-order valence-electron chi connectivity index (χ1n) is 45.6. The maximum Gasteiger partial charge on any atom is 0.472 e. The highest BCUT2D eigenvalue weighted by Crippen LogP contribution is 2.45. The Kier molecular flexibility index (Phi) is 77.9. The van der Waals surface area contributed by atoms with Crippen molar-refractivity contribution in [2.24, 2.45) is 11.8 Å². The van der Waals surface area contributed by atoms with Crippen LogP contribution in [-0.4, -0.2) is 96.7 Å². The molecule has 107 heavy (non-hydrogen) atoms. The van der Waals surface area contributed by atoms with Crippen LogP contribution in [0.25, 0.3) is 0 Å². The molecule has 0 radical (unpaired) electrons. The number of phosphoric acid groups is 2. The average Bonchev–Trinajstić information content (AvgIpc) is 0.902. The molecule has 636 valence electrons. The standard InChI is InChI=1S/C88H172O17P2/c1-7-11-13-15-17-19-21-23-25-26-27-28-29-30-31-33-39-43-47-55-61-67-73-87(92)104-83(76-98-85(90)70-64-58-52-45-41-37-35-34-36-40-44-50-56-62-68-80(5)9-3)78-102-106(94,95)100-74-82(89)75-101-107(96,97)103-79-84(77-99-86(91)71-65-59-53-49-48-51-57-63-69-81(6)10-4)105-88(93)72-66-60-54-46-42-38-32-24-22-20-18-16-14-12-8-2/h80-84,89H,7-79H2,1-6H3,(H,94,95)(H,96,97)/t80?,81?,82-,83-,84-/m1/s1. The zero-order valence-electron chi connectivity index (χ0n) is 70.5. The smallest absolute Gasteiger partial charge is 0.462 e. The Labute approximate surface area is 658 Å². The molecule has 0 bridgehead atoms. The van der Waals surface area contributed by atoms with E-state index in [-0.39, 0.29) is 25.7 Å². The summed E-state index contributed by atoms with van der Waals surface area (Å²) in [5, 5.41) is 10.7. The molecule has 0 heterocycles. The van der Waals surface area contributed by atoms with Crippen LogP contribution in [-0.2, 0) is 65.4 Å². The van der Waals surface area contributed by atoms with Crippen LogP contribution in [0, 0.1) is 11.8 Å². The number of carbonyl (C=O) groups is 4. The maximum atomic E-state index is 13.2. The lowest BCUT2D eigenvalue weighted by Gasteiger charge is -2.21. The van der Waals surface area contributed by atoms with E-state index >= 15 is 0 Å². The van der Waals surface area contributed by atoms with Crippen molar-refractivity contribution in [1.82, 2.24) is 0 Å². The number of rotatable bonds is 87. The summed E-state index contributed by atoms with van der Waals surface area (Å²) in [5.74, 6) is -0.472. The number of carbonyl (C=O) groups excluding carboxylic acids is 4. The molecule has 19 heteroatoms. The minimum Gasteiger partial charge on any atom is -0.462 e. The molecular weight excluding hydrogens is 1390 g/mol. The van der Waals surface area contributed by atoms with Gasteiger partial charge in [-0.25, -0.2) is 9.13 Å². The van der Waals surface area contributed by atoms with Gasteiger partial charge in [-0.1, -0.05) is 420 Å². The fraction of sp³-hybridized carbons (Fsp3) is 0.955. The van der Waals surface area contributed by atoms with Crippen LogP contribution in [0.5, 0.6) is 0 Å². The monoisotopic (exact) mass is 1560 g/mol. The molecule has 0 aliphatic heterocycles. The second kappa shape index (κ2) is 79.3. The van der Waals surface area contributed by atoms with Crippen molar-refractivity contribution in [1.29, 1.82) is 0 Å². The summed E-state index contributed by atoms with van der Waals surface area (Å²) in [7, 11) is -9.93. The highest BCUT2D eigenvalue weighted by atomic mass is 31.2. The highest BCUT2D eigenvalue weighted by molar-refractivity contribution is 7.47. The summed E-state index contributed by atoms with van der Waals surface area (Å²) < 4.78 is 69.0. The molecule has 7 atom stereocenters. The number of phosphoric ester groups is 2. The van der Waals surface area contributed by atoms with Crippen LogP contribution < -0.4 is 0 Å². The van der Waals surface area contributed by atoms with Crippen molar-refractivity contribution in [3.05, 3.63) is 0 Å². The van der Waals surface area contributed by atoms with Gasteiger partial charge in [0.1, 0.15) is 19.3 Å². The first kappa shape index (κ1) is 105. The summed E-state index contributed by atoms with van der Waals surface area (Å²) >= 11 is 0. The second-order valence-corrected chi connectivity index (χ2v) is 35.0. The SMILES string of the molecule is CCCCCCCCCCCCCCCCCCCCCCCCC(=O)O[C@H](COC(=O)CCCCCCCCCCCCCCCCC(C)CC)COP(=O)(O)OC[C@@H](O)COP(=O)(O)OC[C@@H](COC(=O)CCCCCCCCCCC(C)CC)OC(=O)CCCCCCCCCCCCCCCCC. The van der Waals surface area contributed by atoms with Gasteiger partial charge in [-0.15, -0.1) is 0 Å². The molecule has 0 aliphatic rings. The third-order valence-corrected chi connectivity index (χ3v) is 23.3. The van der Waals surface area contributed by atoms with E-state index in [0.717, 1.165) is 102 Å². The molecule has 0 fully saturated rings. The number of esters is 4. The van der Waals surface area contributed by atoms with Crippen molar-refractivity contribution < 1.29 is 80.2 Å². The largest absolute Gasteiger partial charge is 0.472 e. The Morgan fingerprint density at radius 3 is 0.664 bits per heavy atom. The van der Waals surface area contributed by atoms with Crippen LogP contribution in [0.1, 0.15) is 472 Å². The zero-order chi connectivity index (χ0) is 78.5. The Hall–Kier alpha value is -1.94. The van der Waals surface area contributed by atoms with Gasteiger partial charge in [0.25, 0.3) is 0 Å². The van der Waals surface area contributed by atoms with Gasteiger partial charge in [-0.3, -0.25) is 37.3 Å². The molecule has 0 saturated heterocycles. The minimum atomic E-state index is -4.97. The van der Waals surface area contributed by atoms with Gasteiger partial charge in [0.05, 0.1) is 26.4 Å². The van der Waals surface area contributed by atoms with Crippen LogP contribution in [0.15, 0.2) is 0 Å². The first-order chi connectivity index (χ1) is 51.9. The van der Waals surface area contributed by atoms with E-state index in [0.29, 0.717) is 25.7 Å². The van der Waals surface area contributed by atoms with E-state index in [2.05, 4.69) is 41.5 Å². The first-order valence-corrected chi connectivity index (χ1v) is 48.6. The molecule has 0 rings (SSSR count). The third kappa shape index (κ3) is 79.1. The van der Waals surface area contributed by atoms with Gasteiger partial charge in [-0.05, 0) is 37.5 Å². The molecule has 17 nitrogen and oxygen atoms in total. The van der Waals surface area contributed by atoms with E-state index in [9.17, 15) is 43.2 Å². The van der Waals surface area contributed by atoms with Crippen molar-refractivity contribution in [2.75, 3.05) is 39.6 Å². The van der Waals surface area contributed by atoms with Crippen LogP contribution in [0.3, 0.4) is 0 Å². The number of hydrogen-bond donors (Lipinski definition) is 3. The lowest BCUT2D eigenvalue weighted by Crippen LogP contribution is -2.30. The van der Waals surface area contributed by atoms with Crippen LogP contribution in [0.4, 0.5) is 0 Å². The third-order valence-electron chi connectivity index (χ3n) is 21.4. The molecule has 0 aliphatic carbocycles. The van der Waals surface area contributed by atoms with Gasteiger partial charge in [0, 0.05) is 25.7 Å². The van der Waals surface area contributed by atoms with Gasteiger partial charge in [0.15, 0.2) is 12.2 Å². The summed E-state index contributed by atoms with van der Waals surface area (Å²) in [6, 6.07) is 0. The molecule has 0 aromatic heterocycles. The molecule has 0 amide bonds. The van der Waals surface area contributed by atoms with E-state index in [1.807, 2.05) is 0 Å². The lowest BCUT2D eigenvalue weighted by molar-refractivity contribution is -0.161. The predicted octanol–water partition coefficient (Wildman–Crippen LogP) is 27.0. The molecule has 0 aromatic rings. The topological polar surface area (TPSA) is 237 Å². The number of unbranched alkanes of at least 4 members (excludes halogenated alkanes) is 55. The normalized spacial score (nSPS) is 14.3. The summed E-state index contributed by atoms with van der Waals surface area (Å²) in [5.41, 5.74) is 0. The molecule has 0 aromatic carbocycles. The molecule has 3 N–H and O–H groups in total. The van der Waals surface area contributed by atoms with Crippen molar-refractivity contribution in [3.8, 4) is 0 Å². The molecule has 0 saturated carbocycles. The van der Waals surface area contributed by atoms with Gasteiger partial charge in [0.2, 0.25) is 0 Å². The lowest BCUT2D eigenvalue weighted by atomic mass is 9.99. The Morgan fingerprint density at radius 1 is 0.262 bits per heavy atom. The summed E-state index contributed by atoms with van der Waals surface area (Å²) in [4.78, 5) is 73.3. The Balaban J connectivity index is 5.25. The molecule has 4 unspecified atom stereocenters. The van der Waals surface area contributed by atoms with Crippen molar-refractivity contribution in [3.63, 3.8) is 0 Å². The molecular formula is C88H172O17P2. The fourth-order valence-corrected chi connectivity index (χ4v) is 15.3. The van der Waals surface area contributed by atoms with E-state index in [4.69, 9.17) is 37.0 Å². The summed E-state index contributed by atoms with van der Waals surface area (Å²) in [6.45, 7) is 9.74. The number of aliphatic hydroxyl groups is 1. The highest BCUT2D eigenvalue weighted by Gasteiger charge is 2.31. The zero-order valence-corrected chi connectivity index (χ0v) is 72.2. The summed E-state index contributed by atoms with van der Waals surface area (Å²) in [6.07, 6.45) is 72.1. The second-order valence-electron chi connectivity index (χ2n) is 32.1. The number of ether oxygens (including phenoxy) is 4. The van der Waals surface area contributed by atoms with Gasteiger partial charge < -0.3 is 33.8 Å². The number of hydrogen-bond acceptors (Lipinski definition) is 15. The Bertz CT molecular complexity index is 2050. The van der Waals surface area contributed by atoms with Crippen LogP contribution in [0.2, 0.25) is 0 Å². The maximum absolute atomic E-state index is 13.2. The number of aliphatic hydroxyl groups excluding tert-OH is 1. The average molecular weight is 1560 g/mol. The van der Waals surface area contributed by atoms with Crippen molar-refractivity contribution >= 4 is 39.5 Å². The van der Waals surface area contributed by atoms with Crippen LogP contribution >= 0.6 is 15.6 Å². The molecule has 0 spiro atoms. The fourth-order valence-electron chi connectivity index (χ4n) is 13.7. The van der Waals surface area contributed by atoms with Gasteiger partial charge in [-0.2, -0.15) is 0 Å². The van der Waals surface area contributed by atoms with E-state index in [1.165, 1.54) is 289 Å². The predicted molar refractivity (Wildman–Crippen MR) is 442 cm³/mol. The van der Waals surface area contributed by atoms with E-state index < -0.39 is 97.5 Å².